The van der Waals surface area contributed by atoms with E-state index in [2.05, 4.69) is 61.9 Å². The largest absolute Gasteiger partial charge is 0.497 e. The van der Waals surface area contributed by atoms with E-state index in [0.29, 0.717) is 12.6 Å². The van der Waals surface area contributed by atoms with E-state index in [1.54, 1.807) is 7.11 Å². The van der Waals surface area contributed by atoms with Crippen LogP contribution in [0.4, 0.5) is 5.69 Å². The van der Waals surface area contributed by atoms with Crippen molar-refractivity contribution in [2.45, 2.75) is 32.4 Å². The highest BCUT2D eigenvalue weighted by molar-refractivity contribution is 14.0. The molecule has 0 spiro atoms. The fraction of sp³-hybridized carbons (Fsp3) is 0.375. The Kier molecular flexibility index (Phi) is 9.35. The lowest BCUT2D eigenvalue weighted by Gasteiger charge is -2.35. The standard InChI is InChI=1S/C24H31N7O.HI/c1-3-25-24(26-15-18-7-4-8-19(13-18)23-27-17-28-30-23)29-20-9-6-12-31(16-20)21-10-5-11-22(14-21)32-2;/h4-5,7-8,10-11,13-14,17,20H,3,6,9,12,15-16H2,1-2H3,(H2,25,26,29)(H,27,28,30);1H. The highest BCUT2D eigenvalue weighted by Gasteiger charge is 2.21. The number of H-pyrrole nitrogens is 1. The summed E-state index contributed by atoms with van der Waals surface area (Å²) in [5.41, 5.74) is 3.33. The van der Waals surface area contributed by atoms with Crippen molar-refractivity contribution >= 4 is 35.6 Å². The smallest absolute Gasteiger partial charge is 0.191 e. The lowest BCUT2D eigenvalue weighted by atomic mass is 10.0. The van der Waals surface area contributed by atoms with Gasteiger partial charge < -0.3 is 20.3 Å². The number of halogens is 1. The molecule has 9 heteroatoms. The molecule has 176 valence electrons. The maximum Gasteiger partial charge on any atom is 0.191 e. The van der Waals surface area contributed by atoms with Gasteiger partial charge in [0.1, 0.15) is 12.1 Å². The van der Waals surface area contributed by atoms with Gasteiger partial charge in [-0.25, -0.2) is 9.98 Å². The molecule has 1 aliphatic rings. The van der Waals surface area contributed by atoms with Gasteiger partial charge in [-0.3, -0.25) is 5.10 Å². The fourth-order valence-corrected chi connectivity index (χ4v) is 3.98. The molecular formula is C24H32IN7O. The summed E-state index contributed by atoms with van der Waals surface area (Å²) in [6, 6.07) is 16.8. The summed E-state index contributed by atoms with van der Waals surface area (Å²) in [6.07, 6.45) is 3.77. The highest BCUT2D eigenvalue weighted by atomic mass is 127. The maximum atomic E-state index is 5.39. The van der Waals surface area contributed by atoms with E-state index in [1.165, 1.54) is 12.0 Å². The molecular weight excluding hydrogens is 529 g/mol. The first-order chi connectivity index (χ1) is 15.7. The molecule has 3 N–H and O–H groups in total. The van der Waals surface area contributed by atoms with E-state index < -0.39 is 0 Å². The predicted octanol–water partition coefficient (Wildman–Crippen LogP) is 3.82. The molecule has 0 aliphatic carbocycles. The van der Waals surface area contributed by atoms with Crippen molar-refractivity contribution in [2.75, 3.05) is 31.6 Å². The zero-order valence-corrected chi connectivity index (χ0v) is 21.5. The molecule has 1 unspecified atom stereocenters. The molecule has 2 heterocycles. The van der Waals surface area contributed by atoms with E-state index in [-0.39, 0.29) is 24.0 Å². The predicted molar refractivity (Wildman–Crippen MR) is 143 cm³/mol. The minimum atomic E-state index is 0. The lowest BCUT2D eigenvalue weighted by Crippen LogP contribution is -2.51. The summed E-state index contributed by atoms with van der Waals surface area (Å²) >= 11 is 0. The second kappa shape index (κ2) is 12.4. The van der Waals surface area contributed by atoms with Crippen molar-refractivity contribution < 1.29 is 4.74 Å². The van der Waals surface area contributed by atoms with Crippen molar-refractivity contribution in [3.63, 3.8) is 0 Å². The molecule has 0 amide bonds. The van der Waals surface area contributed by atoms with Crippen LogP contribution in [0, 0.1) is 0 Å². The Labute approximate surface area is 212 Å². The molecule has 1 aromatic heterocycles. The van der Waals surface area contributed by atoms with Crippen molar-refractivity contribution in [3.8, 4) is 17.1 Å². The van der Waals surface area contributed by atoms with Gasteiger partial charge in [-0.1, -0.05) is 24.3 Å². The number of piperidine rings is 1. The van der Waals surface area contributed by atoms with Crippen LogP contribution in [0.5, 0.6) is 5.75 Å². The van der Waals surface area contributed by atoms with Gasteiger partial charge in [0.2, 0.25) is 0 Å². The number of hydrogen-bond acceptors (Lipinski definition) is 5. The molecule has 1 saturated heterocycles. The normalized spacial score (nSPS) is 16.1. The van der Waals surface area contributed by atoms with E-state index in [0.717, 1.165) is 61.1 Å². The Morgan fingerprint density at radius 2 is 2.12 bits per heavy atom. The lowest BCUT2D eigenvalue weighted by molar-refractivity contribution is 0.414. The first-order valence-electron chi connectivity index (χ1n) is 11.1. The van der Waals surface area contributed by atoms with Crippen molar-refractivity contribution in [1.29, 1.82) is 0 Å². The molecule has 0 radical (unpaired) electrons. The van der Waals surface area contributed by atoms with E-state index in [4.69, 9.17) is 9.73 Å². The van der Waals surface area contributed by atoms with E-state index in [9.17, 15) is 0 Å². The van der Waals surface area contributed by atoms with Gasteiger partial charge in [-0.15, -0.1) is 24.0 Å². The highest BCUT2D eigenvalue weighted by Crippen LogP contribution is 2.24. The second-order valence-corrected chi connectivity index (χ2v) is 7.86. The third-order valence-electron chi connectivity index (χ3n) is 5.56. The van der Waals surface area contributed by atoms with E-state index >= 15 is 0 Å². The Bertz CT molecular complexity index is 1030. The van der Waals surface area contributed by atoms with Crippen LogP contribution >= 0.6 is 24.0 Å². The summed E-state index contributed by atoms with van der Waals surface area (Å²) in [5.74, 6) is 2.50. The average molecular weight is 561 g/mol. The first-order valence-corrected chi connectivity index (χ1v) is 11.1. The van der Waals surface area contributed by atoms with Gasteiger partial charge in [0.05, 0.1) is 13.7 Å². The van der Waals surface area contributed by atoms with Crippen LogP contribution in [0.3, 0.4) is 0 Å². The van der Waals surface area contributed by atoms with Gasteiger partial charge in [0.15, 0.2) is 11.8 Å². The number of aliphatic imine (C=N–C) groups is 1. The van der Waals surface area contributed by atoms with Crippen molar-refractivity contribution in [1.82, 2.24) is 25.8 Å². The number of nitrogens with zero attached hydrogens (tertiary/aromatic N) is 4. The maximum absolute atomic E-state index is 5.39. The van der Waals surface area contributed by atoms with Gasteiger partial charge >= 0.3 is 0 Å². The Morgan fingerprint density at radius 3 is 2.91 bits per heavy atom. The zero-order valence-electron chi connectivity index (χ0n) is 19.1. The van der Waals surface area contributed by atoms with Crippen LogP contribution in [0.1, 0.15) is 25.3 Å². The van der Waals surface area contributed by atoms with Gasteiger partial charge in [0, 0.05) is 43.0 Å². The fourth-order valence-electron chi connectivity index (χ4n) is 3.98. The summed E-state index contributed by atoms with van der Waals surface area (Å²) in [4.78, 5) is 11.5. The molecule has 2 aromatic carbocycles. The number of rotatable bonds is 7. The van der Waals surface area contributed by atoms with Crippen LogP contribution in [0.2, 0.25) is 0 Å². The molecule has 33 heavy (non-hydrogen) atoms. The summed E-state index contributed by atoms with van der Waals surface area (Å²) < 4.78 is 5.39. The molecule has 3 aromatic rings. The molecule has 8 nitrogen and oxygen atoms in total. The number of methoxy groups -OCH3 is 1. The van der Waals surface area contributed by atoms with Crippen LogP contribution in [0.25, 0.3) is 11.4 Å². The number of aromatic nitrogens is 3. The van der Waals surface area contributed by atoms with E-state index in [1.807, 2.05) is 24.3 Å². The van der Waals surface area contributed by atoms with Gasteiger partial charge in [-0.05, 0) is 43.5 Å². The number of guanidine groups is 1. The molecule has 1 aliphatic heterocycles. The minimum Gasteiger partial charge on any atom is -0.497 e. The summed E-state index contributed by atoms with van der Waals surface area (Å²) in [6.45, 7) is 5.47. The first kappa shape index (κ1) is 24.8. The number of nitrogens with one attached hydrogen (secondary N) is 3. The third-order valence-corrected chi connectivity index (χ3v) is 5.56. The minimum absolute atomic E-state index is 0. The number of benzene rings is 2. The molecule has 1 fully saturated rings. The molecule has 4 rings (SSSR count). The topological polar surface area (TPSA) is 90.5 Å². The quantitative estimate of drug-likeness (QED) is 0.231. The SMILES string of the molecule is CCNC(=NCc1cccc(-c2ncn[nH]2)c1)NC1CCCN(c2cccc(OC)c2)C1.I. The average Bonchev–Trinajstić information content (AvgIpc) is 3.38. The third kappa shape index (κ3) is 6.83. The number of anilines is 1. The van der Waals surface area contributed by atoms with Crippen LogP contribution in [0.15, 0.2) is 59.9 Å². The molecule has 0 bridgehead atoms. The summed E-state index contributed by atoms with van der Waals surface area (Å²) in [7, 11) is 1.71. The molecule has 0 saturated carbocycles. The summed E-state index contributed by atoms with van der Waals surface area (Å²) in [5, 5.41) is 13.9. The van der Waals surface area contributed by atoms with Crippen LogP contribution in [-0.2, 0) is 6.54 Å². The number of aromatic amines is 1. The van der Waals surface area contributed by atoms with Gasteiger partial charge in [-0.2, -0.15) is 5.10 Å². The Morgan fingerprint density at radius 1 is 1.24 bits per heavy atom. The second-order valence-electron chi connectivity index (χ2n) is 7.86. The van der Waals surface area contributed by atoms with Crippen LogP contribution in [-0.4, -0.2) is 53.9 Å². The van der Waals surface area contributed by atoms with Crippen molar-refractivity contribution in [2.24, 2.45) is 4.99 Å². The van der Waals surface area contributed by atoms with Crippen molar-refractivity contribution in [3.05, 3.63) is 60.4 Å². The monoisotopic (exact) mass is 561 g/mol. The van der Waals surface area contributed by atoms with Crippen LogP contribution < -0.4 is 20.3 Å². The molecule has 1 atom stereocenters. The zero-order chi connectivity index (χ0) is 22.2. The Balaban J connectivity index is 0.00000306. The number of ether oxygens (including phenoxy) is 1. The Hall–Kier alpha value is -2.82. The van der Waals surface area contributed by atoms with Gasteiger partial charge in [0.25, 0.3) is 0 Å². The number of hydrogen-bond donors (Lipinski definition) is 3.